The summed E-state index contributed by atoms with van der Waals surface area (Å²) < 4.78 is 25.0. The Morgan fingerprint density at radius 2 is 2.00 bits per heavy atom. The number of hydrogen-bond acceptors (Lipinski definition) is 3. The van der Waals surface area contributed by atoms with Gasteiger partial charge in [0.2, 0.25) is 10.0 Å². The van der Waals surface area contributed by atoms with Crippen molar-refractivity contribution in [3.63, 3.8) is 0 Å². The van der Waals surface area contributed by atoms with Gasteiger partial charge in [0.15, 0.2) is 0 Å². The normalized spacial score (nSPS) is 23.3. The quantitative estimate of drug-likeness (QED) is 0.892. The summed E-state index contributed by atoms with van der Waals surface area (Å²) in [6, 6.07) is 6.29. The molecular weight excluding hydrogens is 260 g/mol. The standard InChI is InChI=1S/C14H22N2O2S/c1-10-4-5-12(8-10)15-13-6-7-14(11(2)9-13)16-19(3,17)18/h6-7,9-10,12,15-16H,4-5,8H2,1-3H3. The molecule has 0 radical (unpaired) electrons. The van der Waals surface area contributed by atoms with Crippen molar-refractivity contribution in [1.29, 1.82) is 0 Å². The zero-order valence-corrected chi connectivity index (χ0v) is 12.5. The number of nitrogens with one attached hydrogen (secondary N) is 2. The highest BCUT2D eigenvalue weighted by molar-refractivity contribution is 7.92. The van der Waals surface area contributed by atoms with Crippen molar-refractivity contribution in [2.45, 2.75) is 39.2 Å². The fraction of sp³-hybridized carbons (Fsp3) is 0.571. The van der Waals surface area contributed by atoms with Gasteiger partial charge in [0.1, 0.15) is 0 Å². The van der Waals surface area contributed by atoms with Gasteiger partial charge in [-0.05, 0) is 55.9 Å². The van der Waals surface area contributed by atoms with E-state index in [1.807, 2.05) is 25.1 Å². The van der Waals surface area contributed by atoms with Gasteiger partial charge in [-0.15, -0.1) is 0 Å². The van der Waals surface area contributed by atoms with E-state index in [-0.39, 0.29) is 0 Å². The second-order valence-corrected chi connectivity index (χ2v) is 7.41. The van der Waals surface area contributed by atoms with E-state index in [1.54, 1.807) is 0 Å². The molecule has 1 aliphatic carbocycles. The van der Waals surface area contributed by atoms with Crippen molar-refractivity contribution in [3.05, 3.63) is 23.8 Å². The molecule has 1 aromatic carbocycles. The van der Waals surface area contributed by atoms with Gasteiger partial charge in [0.25, 0.3) is 0 Å². The second kappa shape index (κ2) is 5.41. The molecule has 0 amide bonds. The lowest BCUT2D eigenvalue weighted by Gasteiger charge is -2.16. The molecule has 2 rings (SSSR count). The van der Waals surface area contributed by atoms with Gasteiger partial charge in [-0.25, -0.2) is 8.42 Å². The molecule has 2 atom stereocenters. The molecule has 0 aromatic heterocycles. The van der Waals surface area contributed by atoms with E-state index in [0.717, 1.165) is 17.2 Å². The van der Waals surface area contributed by atoms with E-state index in [4.69, 9.17) is 0 Å². The Balaban J connectivity index is 2.06. The van der Waals surface area contributed by atoms with E-state index in [9.17, 15) is 8.42 Å². The van der Waals surface area contributed by atoms with Crippen molar-refractivity contribution < 1.29 is 8.42 Å². The third kappa shape index (κ3) is 4.13. The van der Waals surface area contributed by atoms with Crippen LogP contribution in [0.25, 0.3) is 0 Å². The summed E-state index contributed by atoms with van der Waals surface area (Å²) in [5, 5.41) is 3.52. The maximum absolute atomic E-state index is 11.2. The highest BCUT2D eigenvalue weighted by Gasteiger charge is 2.20. The summed E-state index contributed by atoms with van der Waals surface area (Å²) in [6.07, 6.45) is 4.87. The second-order valence-electron chi connectivity index (χ2n) is 5.66. The fourth-order valence-electron chi connectivity index (χ4n) is 2.64. The maximum atomic E-state index is 11.2. The predicted octanol–water partition coefficient (Wildman–Crippen LogP) is 2.97. The third-order valence-corrected chi connectivity index (χ3v) is 4.18. The Hall–Kier alpha value is -1.23. The highest BCUT2D eigenvalue weighted by atomic mass is 32.2. The summed E-state index contributed by atoms with van der Waals surface area (Å²) in [5.74, 6) is 0.796. The maximum Gasteiger partial charge on any atom is 0.229 e. The Bertz CT molecular complexity index is 555. The van der Waals surface area contributed by atoms with E-state index in [0.29, 0.717) is 11.7 Å². The van der Waals surface area contributed by atoms with Crippen molar-refractivity contribution in [2.75, 3.05) is 16.3 Å². The lowest BCUT2D eigenvalue weighted by molar-refractivity contribution is 0.602. The van der Waals surface area contributed by atoms with Crippen LogP contribution >= 0.6 is 0 Å². The summed E-state index contributed by atoms with van der Waals surface area (Å²) in [4.78, 5) is 0. The molecule has 1 saturated carbocycles. The Morgan fingerprint density at radius 1 is 1.26 bits per heavy atom. The van der Waals surface area contributed by atoms with Crippen LogP contribution in [0.2, 0.25) is 0 Å². The van der Waals surface area contributed by atoms with E-state index >= 15 is 0 Å². The molecule has 4 nitrogen and oxygen atoms in total. The van der Waals surface area contributed by atoms with Crippen LogP contribution in [0.5, 0.6) is 0 Å². The van der Waals surface area contributed by atoms with Crippen LogP contribution < -0.4 is 10.0 Å². The summed E-state index contributed by atoms with van der Waals surface area (Å²) in [7, 11) is -3.21. The van der Waals surface area contributed by atoms with Gasteiger partial charge in [-0.1, -0.05) is 6.92 Å². The lowest BCUT2D eigenvalue weighted by atomic mass is 10.1. The molecule has 0 spiro atoms. The van der Waals surface area contributed by atoms with Crippen molar-refractivity contribution in [3.8, 4) is 0 Å². The molecule has 2 N–H and O–H groups in total. The zero-order chi connectivity index (χ0) is 14.0. The molecule has 2 unspecified atom stereocenters. The molecule has 0 aliphatic heterocycles. The molecular formula is C14H22N2O2S. The van der Waals surface area contributed by atoms with E-state index < -0.39 is 10.0 Å². The number of anilines is 2. The van der Waals surface area contributed by atoms with Crippen LogP contribution in [-0.2, 0) is 10.0 Å². The number of sulfonamides is 1. The van der Waals surface area contributed by atoms with Crippen molar-refractivity contribution in [2.24, 2.45) is 5.92 Å². The molecule has 1 aromatic rings. The average Bonchev–Trinajstić information content (AvgIpc) is 2.66. The van der Waals surface area contributed by atoms with Crippen LogP contribution in [0, 0.1) is 12.8 Å². The van der Waals surface area contributed by atoms with Gasteiger partial charge in [0, 0.05) is 11.7 Å². The number of benzene rings is 1. The minimum atomic E-state index is -3.21. The molecule has 1 fully saturated rings. The SMILES string of the molecule is Cc1cc(NC2CCC(C)C2)ccc1NS(C)(=O)=O. The first-order chi connectivity index (χ1) is 8.83. The predicted molar refractivity (Wildman–Crippen MR) is 80.1 cm³/mol. The summed E-state index contributed by atoms with van der Waals surface area (Å²) in [5.41, 5.74) is 2.64. The van der Waals surface area contributed by atoms with Gasteiger partial charge >= 0.3 is 0 Å². The third-order valence-electron chi connectivity index (χ3n) is 3.59. The van der Waals surface area contributed by atoms with Gasteiger partial charge in [-0.3, -0.25) is 4.72 Å². The van der Waals surface area contributed by atoms with Gasteiger partial charge in [-0.2, -0.15) is 0 Å². The average molecular weight is 282 g/mol. The molecule has 19 heavy (non-hydrogen) atoms. The Kier molecular flexibility index (Phi) is 4.04. The van der Waals surface area contributed by atoms with E-state index in [1.165, 1.54) is 25.5 Å². The Morgan fingerprint density at radius 3 is 2.53 bits per heavy atom. The first-order valence-electron chi connectivity index (χ1n) is 6.68. The summed E-state index contributed by atoms with van der Waals surface area (Å²) >= 11 is 0. The summed E-state index contributed by atoms with van der Waals surface area (Å²) in [6.45, 7) is 4.20. The Labute approximate surface area is 115 Å². The van der Waals surface area contributed by atoms with E-state index in [2.05, 4.69) is 17.0 Å². The smallest absolute Gasteiger partial charge is 0.229 e. The monoisotopic (exact) mass is 282 g/mol. The minimum absolute atomic E-state index is 0.545. The van der Waals surface area contributed by atoms with Gasteiger partial charge < -0.3 is 5.32 Å². The van der Waals surface area contributed by atoms with Crippen LogP contribution in [0.3, 0.4) is 0 Å². The number of hydrogen-bond donors (Lipinski definition) is 2. The number of rotatable bonds is 4. The highest BCUT2D eigenvalue weighted by Crippen LogP contribution is 2.28. The largest absolute Gasteiger partial charge is 0.382 e. The van der Waals surface area contributed by atoms with Crippen molar-refractivity contribution >= 4 is 21.4 Å². The lowest BCUT2D eigenvalue weighted by Crippen LogP contribution is -2.15. The molecule has 5 heteroatoms. The molecule has 1 aliphatic rings. The van der Waals surface area contributed by atoms with Crippen LogP contribution in [0.1, 0.15) is 31.7 Å². The van der Waals surface area contributed by atoms with Crippen LogP contribution in [0.15, 0.2) is 18.2 Å². The molecule has 0 bridgehead atoms. The topological polar surface area (TPSA) is 58.2 Å². The minimum Gasteiger partial charge on any atom is -0.382 e. The molecule has 0 heterocycles. The van der Waals surface area contributed by atoms with Crippen molar-refractivity contribution in [1.82, 2.24) is 0 Å². The zero-order valence-electron chi connectivity index (χ0n) is 11.7. The first kappa shape index (κ1) is 14.2. The van der Waals surface area contributed by atoms with Gasteiger partial charge in [0.05, 0.1) is 11.9 Å². The molecule has 0 saturated heterocycles. The molecule has 106 valence electrons. The fourth-order valence-corrected chi connectivity index (χ4v) is 3.27. The number of aryl methyl sites for hydroxylation is 1. The van der Waals surface area contributed by atoms with Crippen LogP contribution in [-0.4, -0.2) is 20.7 Å². The first-order valence-corrected chi connectivity index (χ1v) is 8.57. The van der Waals surface area contributed by atoms with Crippen LogP contribution in [0.4, 0.5) is 11.4 Å².